The van der Waals surface area contributed by atoms with Crippen molar-refractivity contribution in [3.8, 4) is 0 Å². The van der Waals surface area contributed by atoms with E-state index >= 15 is 0 Å². The number of cyclic esters (lactones) is 1. The van der Waals surface area contributed by atoms with Gasteiger partial charge in [-0.05, 0) is 18.9 Å². The average Bonchev–Trinajstić information content (AvgIpc) is 3.10. The fraction of sp³-hybridized carbons (Fsp3) is 0.500. The van der Waals surface area contributed by atoms with Gasteiger partial charge in [-0.3, -0.25) is 0 Å². The molecule has 0 amide bonds. The maximum Gasteiger partial charge on any atom is 0.363 e. The molecule has 1 aromatic rings. The minimum absolute atomic E-state index is 0.290. The zero-order chi connectivity index (χ0) is 15.7. The number of aliphatic imine (C=N–C) groups is 1. The minimum Gasteiger partial charge on any atom is -0.406 e. The Labute approximate surface area is 129 Å². The van der Waals surface area contributed by atoms with Gasteiger partial charge < -0.3 is 9.64 Å². The second-order valence-electron chi connectivity index (χ2n) is 6.60. The van der Waals surface area contributed by atoms with Gasteiger partial charge in [0.2, 0.25) is 11.8 Å². The normalized spacial score (nSPS) is 20.5. The van der Waals surface area contributed by atoms with Crippen LogP contribution in [0.25, 0.3) is 6.08 Å². The van der Waals surface area contributed by atoms with E-state index in [9.17, 15) is 4.79 Å². The number of esters is 1. The van der Waals surface area contributed by atoms with Crippen LogP contribution in [0.2, 0.25) is 0 Å². The zero-order valence-electron chi connectivity index (χ0n) is 13.2. The summed E-state index contributed by atoms with van der Waals surface area (Å²) in [6.07, 6.45) is 7.46. The van der Waals surface area contributed by atoms with E-state index in [-0.39, 0.29) is 5.41 Å². The van der Waals surface area contributed by atoms with Crippen molar-refractivity contribution in [2.75, 3.05) is 18.0 Å². The number of anilines is 1. The molecule has 0 aliphatic carbocycles. The summed E-state index contributed by atoms with van der Waals surface area (Å²) in [7, 11) is 0. The summed E-state index contributed by atoms with van der Waals surface area (Å²) in [5, 5.41) is 0. The van der Waals surface area contributed by atoms with Gasteiger partial charge in [-0.2, -0.15) is 0 Å². The maximum absolute atomic E-state index is 11.9. The molecule has 0 aromatic carbocycles. The monoisotopic (exact) mass is 300 g/mol. The minimum atomic E-state index is -0.423. The molecule has 0 bridgehead atoms. The molecule has 2 aliphatic heterocycles. The maximum atomic E-state index is 11.9. The van der Waals surface area contributed by atoms with Crippen molar-refractivity contribution in [2.24, 2.45) is 10.4 Å². The van der Waals surface area contributed by atoms with E-state index in [1.807, 2.05) is 20.8 Å². The van der Waals surface area contributed by atoms with Crippen molar-refractivity contribution in [2.45, 2.75) is 33.6 Å². The van der Waals surface area contributed by atoms with E-state index in [0.717, 1.165) is 24.6 Å². The summed E-state index contributed by atoms with van der Waals surface area (Å²) in [6.45, 7) is 7.88. The van der Waals surface area contributed by atoms with Crippen molar-refractivity contribution in [3.05, 3.63) is 23.7 Å². The molecule has 3 heterocycles. The molecule has 0 unspecified atom stereocenters. The molecule has 3 rings (SSSR count). The largest absolute Gasteiger partial charge is 0.406 e. The Morgan fingerprint density at radius 3 is 2.36 bits per heavy atom. The highest BCUT2D eigenvalue weighted by Crippen LogP contribution is 2.25. The molecule has 1 fully saturated rings. The Bertz CT molecular complexity index is 635. The first-order valence-electron chi connectivity index (χ1n) is 7.53. The smallest absolute Gasteiger partial charge is 0.363 e. The lowest BCUT2D eigenvalue weighted by atomic mass is 9.97. The van der Waals surface area contributed by atoms with E-state index in [1.54, 1.807) is 18.5 Å². The fourth-order valence-electron chi connectivity index (χ4n) is 2.37. The highest BCUT2D eigenvalue weighted by atomic mass is 16.6. The van der Waals surface area contributed by atoms with E-state index in [0.29, 0.717) is 11.6 Å². The van der Waals surface area contributed by atoms with Gasteiger partial charge in [0.15, 0.2) is 5.70 Å². The SMILES string of the molecule is CC(C)(C)C1=N/C(=C/c2cnc(N3CCCC3)nc2)C(=O)O1. The summed E-state index contributed by atoms with van der Waals surface area (Å²) in [5.41, 5.74) is 0.748. The molecule has 2 aliphatic rings. The van der Waals surface area contributed by atoms with Crippen molar-refractivity contribution in [1.29, 1.82) is 0 Å². The van der Waals surface area contributed by atoms with E-state index in [2.05, 4.69) is 19.9 Å². The predicted molar refractivity (Wildman–Crippen MR) is 84.4 cm³/mol. The molecule has 0 saturated carbocycles. The number of carbonyl (C=O) groups is 1. The van der Waals surface area contributed by atoms with Crippen LogP contribution in [-0.4, -0.2) is 34.9 Å². The molecule has 6 nitrogen and oxygen atoms in total. The van der Waals surface area contributed by atoms with Crippen molar-refractivity contribution >= 4 is 23.9 Å². The van der Waals surface area contributed by atoms with Gasteiger partial charge in [0, 0.05) is 36.5 Å². The molecule has 0 N–H and O–H groups in total. The van der Waals surface area contributed by atoms with E-state index in [1.165, 1.54) is 12.8 Å². The first kappa shape index (κ1) is 14.7. The lowest BCUT2D eigenvalue weighted by Gasteiger charge is -2.15. The number of hydrogen-bond donors (Lipinski definition) is 0. The molecule has 1 saturated heterocycles. The third-order valence-electron chi connectivity index (χ3n) is 3.61. The van der Waals surface area contributed by atoms with Crippen LogP contribution in [0.1, 0.15) is 39.2 Å². The summed E-state index contributed by atoms with van der Waals surface area (Å²) in [4.78, 5) is 27.0. The highest BCUT2D eigenvalue weighted by Gasteiger charge is 2.31. The van der Waals surface area contributed by atoms with Crippen molar-refractivity contribution < 1.29 is 9.53 Å². The van der Waals surface area contributed by atoms with Gasteiger partial charge in [-0.25, -0.2) is 19.8 Å². The predicted octanol–water partition coefficient (Wildman–Crippen LogP) is 2.42. The van der Waals surface area contributed by atoms with E-state index < -0.39 is 5.97 Å². The highest BCUT2D eigenvalue weighted by molar-refractivity contribution is 6.08. The topological polar surface area (TPSA) is 67.7 Å². The standard InChI is InChI=1S/C16H20N4O2/c1-16(2,3)14-19-12(13(21)22-14)8-11-9-17-15(18-10-11)20-6-4-5-7-20/h8-10H,4-7H2,1-3H3/b12-8+. The number of ether oxygens (including phenoxy) is 1. The van der Waals surface area contributed by atoms with Crippen molar-refractivity contribution in [1.82, 2.24) is 9.97 Å². The van der Waals surface area contributed by atoms with Gasteiger partial charge in [0.05, 0.1) is 0 Å². The van der Waals surface area contributed by atoms with Crippen LogP contribution in [0.4, 0.5) is 5.95 Å². The fourth-order valence-corrected chi connectivity index (χ4v) is 2.37. The van der Waals surface area contributed by atoms with Crippen LogP contribution in [0.3, 0.4) is 0 Å². The molecular formula is C16H20N4O2. The Hall–Kier alpha value is -2.24. The summed E-state index contributed by atoms with van der Waals surface area (Å²) in [6, 6.07) is 0. The third-order valence-corrected chi connectivity index (χ3v) is 3.61. The third kappa shape index (κ3) is 3.00. The quantitative estimate of drug-likeness (QED) is 0.620. The van der Waals surface area contributed by atoms with Gasteiger partial charge >= 0.3 is 5.97 Å². The average molecular weight is 300 g/mol. The first-order valence-corrected chi connectivity index (χ1v) is 7.53. The van der Waals surface area contributed by atoms with Crippen LogP contribution >= 0.6 is 0 Å². The number of carbonyl (C=O) groups excluding carboxylic acids is 1. The number of rotatable bonds is 2. The molecular weight excluding hydrogens is 280 g/mol. The van der Waals surface area contributed by atoms with Crippen LogP contribution in [0.15, 0.2) is 23.1 Å². The summed E-state index contributed by atoms with van der Waals surface area (Å²) in [5.74, 6) is 0.763. The molecule has 6 heteroatoms. The Kier molecular flexibility index (Phi) is 3.68. The Morgan fingerprint density at radius 1 is 1.18 bits per heavy atom. The van der Waals surface area contributed by atoms with Gasteiger partial charge in [0.25, 0.3) is 0 Å². The van der Waals surface area contributed by atoms with Crippen LogP contribution < -0.4 is 4.90 Å². The Balaban J connectivity index is 1.80. The number of nitrogens with zero attached hydrogens (tertiary/aromatic N) is 4. The lowest BCUT2D eigenvalue weighted by Crippen LogP contribution is -2.21. The van der Waals surface area contributed by atoms with Crippen LogP contribution in [0.5, 0.6) is 0 Å². The second-order valence-corrected chi connectivity index (χ2v) is 6.60. The summed E-state index contributed by atoms with van der Waals surface area (Å²) >= 11 is 0. The van der Waals surface area contributed by atoms with Crippen LogP contribution in [-0.2, 0) is 9.53 Å². The molecule has 0 radical (unpaired) electrons. The van der Waals surface area contributed by atoms with Gasteiger partial charge in [-0.1, -0.05) is 20.8 Å². The number of hydrogen-bond acceptors (Lipinski definition) is 6. The van der Waals surface area contributed by atoms with E-state index in [4.69, 9.17) is 4.74 Å². The molecule has 0 atom stereocenters. The van der Waals surface area contributed by atoms with Crippen LogP contribution in [0, 0.1) is 5.41 Å². The molecule has 116 valence electrons. The first-order chi connectivity index (χ1) is 10.4. The lowest BCUT2D eigenvalue weighted by molar-refractivity contribution is -0.130. The molecule has 0 spiro atoms. The van der Waals surface area contributed by atoms with Crippen molar-refractivity contribution in [3.63, 3.8) is 0 Å². The second kappa shape index (κ2) is 5.51. The number of aromatic nitrogens is 2. The molecule has 1 aromatic heterocycles. The van der Waals surface area contributed by atoms with Gasteiger partial charge in [-0.15, -0.1) is 0 Å². The van der Waals surface area contributed by atoms with Gasteiger partial charge in [0.1, 0.15) is 0 Å². The zero-order valence-corrected chi connectivity index (χ0v) is 13.2. The Morgan fingerprint density at radius 2 is 1.82 bits per heavy atom. The summed E-state index contributed by atoms with van der Waals surface area (Å²) < 4.78 is 5.21. The molecule has 22 heavy (non-hydrogen) atoms.